The predicted octanol–water partition coefficient (Wildman–Crippen LogP) is 5.52. The fourth-order valence-corrected chi connectivity index (χ4v) is 3.61. The summed E-state index contributed by atoms with van der Waals surface area (Å²) in [7, 11) is 0. The van der Waals surface area contributed by atoms with Crippen LogP contribution >= 0.6 is 0 Å². The van der Waals surface area contributed by atoms with E-state index in [1.807, 2.05) is 73.7 Å². The highest BCUT2D eigenvalue weighted by Crippen LogP contribution is 2.30. The number of amides is 1. The van der Waals surface area contributed by atoms with Crippen LogP contribution in [0.1, 0.15) is 12.7 Å². The van der Waals surface area contributed by atoms with Gasteiger partial charge in [-0.05, 0) is 48.9 Å². The number of para-hydroxylation sites is 1. The lowest BCUT2D eigenvalue weighted by Crippen LogP contribution is -2.21. The lowest BCUT2D eigenvalue weighted by atomic mass is 10.0. The number of fused-ring (bicyclic) bond motifs is 1. The Kier molecular flexibility index (Phi) is 8.03. The van der Waals surface area contributed by atoms with Crippen molar-refractivity contribution in [3.63, 3.8) is 0 Å². The number of benzene rings is 3. The van der Waals surface area contributed by atoms with Gasteiger partial charge in [-0.1, -0.05) is 30.3 Å². The highest BCUT2D eigenvalue weighted by molar-refractivity contribution is 5.95. The van der Waals surface area contributed by atoms with Crippen LogP contribution in [0, 0.1) is 6.92 Å². The predicted molar refractivity (Wildman–Crippen MR) is 142 cm³/mol. The Morgan fingerprint density at radius 2 is 1.65 bits per heavy atom. The molecule has 5 rings (SSSR count). The van der Waals surface area contributed by atoms with E-state index in [0.717, 1.165) is 44.9 Å². The van der Waals surface area contributed by atoms with Gasteiger partial charge in [0.25, 0.3) is 0 Å². The number of alkyl halides is 3. The Labute approximate surface area is 225 Å². The third-order valence-corrected chi connectivity index (χ3v) is 5.34. The third kappa shape index (κ3) is 6.95. The molecule has 0 aliphatic rings. The lowest BCUT2D eigenvalue weighted by Gasteiger charge is -2.11. The molecule has 3 N–H and O–H groups in total. The zero-order chi connectivity index (χ0) is 28.9. The van der Waals surface area contributed by atoms with Crippen LogP contribution in [0.3, 0.4) is 0 Å². The Morgan fingerprint density at radius 3 is 2.27 bits per heavy atom. The molecule has 5 aromatic rings. The van der Waals surface area contributed by atoms with E-state index in [1.165, 1.54) is 6.92 Å². The Hall–Kier alpha value is -5.33. The van der Waals surface area contributed by atoms with Gasteiger partial charge in [-0.15, -0.1) is 0 Å². The van der Waals surface area contributed by atoms with Gasteiger partial charge in [-0.3, -0.25) is 4.79 Å². The molecule has 0 radical (unpaired) electrons. The molecule has 0 saturated heterocycles. The van der Waals surface area contributed by atoms with Crippen molar-refractivity contribution in [1.29, 1.82) is 0 Å². The van der Waals surface area contributed by atoms with Crippen LogP contribution in [0.25, 0.3) is 27.7 Å². The SMILES string of the molecule is CC(=O)Nc1cccc(-c2cccc3cnc(Nc4ccc(-n5cnc(C)n5)cc4)nc23)c1.O=C(O)C(F)(F)F. The Balaban J connectivity index is 0.000000470. The van der Waals surface area contributed by atoms with Crippen LogP contribution in [-0.2, 0) is 9.59 Å². The van der Waals surface area contributed by atoms with Gasteiger partial charge in [-0.2, -0.15) is 18.3 Å². The molecule has 204 valence electrons. The number of nitrogens with one attached hydrogen (secondary N) is 2. The highest BCUT2D eigenvalue weighted by Gasteiger charge is 2.38. The zero-order valence-corrected chi connectivity index (χ0v) is 21.1. The second-order valence-corrected chi connectivity index (χ2v) is 8.41. The van der Waals surface area contributed by atoms with Gasteiger partial charge in [0.2, 0.25) is 11.9 Å². The number of carboxylic acid groups (broad SMARTS) is 1. The molecule has 13 heteroatoms. The number of anilines is 3. The van der Waals surface area contributed by atoms with E-state index in [-0.39, 0.29) is 5.91 Å². The Bertz CT molecular complexity index is 1670. The van der Waals surface area contributed by atoms with E-state index in [4.69, 9.17) is 14.9 Å². The molecular formula is C27H22F3N7O3. The van der Waals surface area contributed by atoms with E-state index in [1.54, 1.807) is 17.2 Å². The average molecular weight is 550 g/mol. The van der Waals surface area contributed by atoms with Gasteiger partial charge in [-0.25, -0.2) is 24.4 Å². The molecule has 0 fully saturated rings. The molecule has 0 aliphatic carbocycles. The van der Waals surface area contributed by atoms with Gasteiger partial charge < -0.3 is 15.7 Å². The monoisotopic (exact) mass is 549 g/mol. The quantitative estimate of drug-likeness (QED) is 0.261. The minimum atomic E-state index is -5.08. The maximum atomic E-state index is 11.4. The van der Waals surface area contributed by atoms with Gasteiger partial charge in [0.15, 0.2) is 0 Å². The minimum absolute atomic E-state index is 0.108. The summed E-state index contributed by atoms with van der Waals surface area (Å²) in [6.45, 7) is 3.35. The number of halogens is 3. The number of hydrogen-bond acceptors (Lipinski definition) is 7. The molecule has 0 atom stereocenters. The molecule has 0 bridgehead atoms. The zero-order valence-electron chi connectivity index (χ0n) is 21.1. The van der Waals surface area contributed by atoms with Crippen LogP contribution in [-0.4, -0.2) is 47.9 Å². The number of aromatic nitrogens is 5. The summed E-state index contributed by atoms with van der Waals surface area (Å²) in [5.74, 6) is -1.64. The number of rotatable bonds is 5. The molecule has 10 nitrogen and oxygen atoms in total. The van der Waals surface area contributed by atoms with Crippen molar-refractivity contribution in [2.45, 2.75) is 20.0 Å². The number of carbonyl (C=O) groups excluding carboxylic acids is 1. The van der Waals surface area contributed by atoms with Crippen molar-refractivity contribution >= 4 is 40.1 Å². The maximum absolute atomic E-state index is 11.4. The van der Waals surface area contributed by atoms with Crippen molar-refractivity contribution in [2.75, 3.05) is 10.6 Å². The number of hydrogen-bond donors (Lipinski definition) is 3. The summed E-state index contributed by atoms with van der Waals surface area (Å²) in [6.07, 6.45) is -1.59. The summed E-state index contributed by atoms with van der Waals surface area (Å²) < 4.78 is 33.5. The molecule has 0 spiro atoms. The number of nitrogens with zero attached hydrogens (tertiary/aromatic N) is 5. The summed E-state index contributed by atoms with van der Waals surface area (Å²) in [4.78, 5) is 33.8. The fraction of sp³-hybridized carbons (Fsp3) is 0.111. The van der Waals surface area contributed by atoms with E-state index in [9.17, 15) is 18.0 Å². The van der Waals surface area contributed by atoms with Gasteiger partial charge in [0, 0.05) is 35.4 Å². The molecule has 2 aromatic heterocycles. The topological polar surface area (TPSA) is 135 Å². The molecule has 1 amide bonds. The summed E-state index contributed by atoms with van der Waals surface area (Å²) in [5.41, 5.74) is 5.27. The smallest absolute Gasteiger partial charge is 0.475 e. The van der Waals surface area contributed by atoms with Crippen molar-refractivity contribution in [3.05, 3.63) is 85.1 Å². The van der Waals surface area contributed by atoms with E-state index in [2.05, 4.69) is 25.7 Å². The molecule has 40 heavy (non-hydrogen) atoms. The highest BCUT2D eigenvalue weighted by atomic mass is 19.4. The first kappa shape index (κ1) is 27.7. The van der Waals surface area contributed by atoms with Crippen LogP contribution < -0.4 is 10.6 Å². The minimum Gasteiger partial charge on any atom is -0.475 e. The van der Waals surface area contributed by atoms with Gasteiger partial charge >= 0.3 is 12.1 Å². The van der Waals surface area contributed by atoms with Crippen LogP contribution in [0.4, 0.5) is 30.5 Å². The standard InChI is InChI=1S/C25H21N7O.C2HF3O2/c1-16-27-15-32(31-16)22-11-9-20(10-12-22)29-25-26-14-19-6-4-8-23(24(19)30-25)18-5-3-7-21(13-18)28-17(2)33;3-2(4,5)1(6)7/h3-15H,1-2H3,(H,28,33)(H,26,29,30);(H,6,7). The first-order valence-electron chi connectivity index (χ1n) is 11.7. The van der Waals surface area contributed by atoms with Crippen LogP contribution in [0.5, 0.6) is 0 Å². The largest absolute Gasteiger partial charge is 0.490 e. The van der Waals surface area contributed by atoms with Crippen LogP contribution in [0.15, 0.2) is 79.3 Å². The maximum Gasteiger partial charge on any atom is 0.490 e. The second-order valence-electron chi connectivity index (χ2n) is 8.41. The average Bonchev–Trinajstić information content (AvgIpc) is 3.34. The first-order valence-corrected chi connectivity index (χ1v) is 11.7. The normalized spacial score (nSPS) is 10.9. The summed E-state index contributed by atoms with van der Waals surface area (Å²) in [5, 5.41) is 18.5. The molecule has 0 aliphatic heterocycles. The van der Waals surface area contributed by atoms with Crippen LogP contribution in [0.2, 0.25) is 0 Å². The summed E-state index contributed by atoms with van der Waals surface area (Å²) >= 11 is 0. The fourth-order valence-electron chi connectivity index (χ4n) is 3.61. The first-order chi connectivity index (χ1) is 19.0. The molecule has 3 aromatic carbocycles. The molecule has 2 heterocycles. The Morgan fingerprint density at radius 1 is 0.950 bits per heavy atom. The van der Waals surface area contributed by atoms with Crippen molar-refractivity contribution < 1.29 is 27.9 Å². The number of aryl methyl sites for hydroxylation is 1. The van der Waals surface area contributed by atoms with E-state index >= 15 is 0 Å². The van der Waals surface area contributed by atoms with E-state index < -0.39 is 12.1 Å². The third-order valence-electron chi connectivity index (χ3n) is 5.34. The van der Waals surface area contributed by atoms with Crippen molar-refractivity contribution in [3.8, 4) is 16.8 Å². The van der Waals surface area contributed by atoms with E-state index in [0.29, 0.717) is 5.95 Å². The van der Waals surface area contributed by atoms with Crippen molar-refractivity contribution in [1.82, 2.24) is 24.7 Å². The molecule has 0 saturated carbocycles. The molecule has 0 unspecified atom stereocenters. The second kappa shape index (κ2) is 11.6. The summed E-state index contributed by atoms with van der Waals surface area (Å²) in [6, 6.07) is 21.5. The van der Waals surface area contributed by atoms with Gasteiger partial charge in [0.05, 0.1) is 11.2 Å². The number of aliphatic carboxylic acids is 1. The lowest BCUT2D eigenvalue weighted by molar-refractivity contribution is -0.192. The van der Waals surface area contributed by atoms with Gasteiger partial charge in [0.1, 0.15) is 12.2 Å². The molecular weight excluding hydrogens is 527 g/mol. The van der Waals surface area contributed by atoms with Crippen molar-refractivity contribution in [2.24, 2.45) is 0 Å². The number of carbonyl (C=O) groups is 2. The number of carboxylic acids is 1.